The molecule has 20 heavy (non-hydrogen) atoms. The van der Waals surface area contributed by atoms with Gasteiger partial charge in [-0.05, 0) is 25.7 Å². The van der Waals surface area contributed by atoms with Gasteiger partial charge in [-0.1, -0.05) is 25.7 Å². The maximum Gasteiger partial charge on any atom is 0.0722 e. The van der Waals surface area contributed by atoms with Crippen LogP contribution in [0.3, 0.4) is 0 Å². The van der Waals surface area contributed by atoms with Crippen LogP contribution in [0, 0.1) is 0 Å². The Morgan fingerprint density at radius 1 is 0.650 bits per heavy atom. The van der Waals surface area contributed by atoms with Crippen molar-refractivity contribution in [3.8, 4) is 0 Å². The Labute approximate surface area is 136 Å². The van der Waals surface area contributed by atoms with Crippen molar-refractivity contribution in [1.29, 1.82) is 0 Å². The van der Waals surface area contributed by atoms with Crippen molar-refractivity contribution in [2.75, 3.05) is 14.2 Å². The van der Waals surface area contributed by atoms with Gasteiger partial charge in [0.1, 0.15) is 0 Å². The number of halogens is 2. The van der Waals surface area contributed by atoms with Crippen molar-refractivity contribution in [3.05, 3.63) is 0 Å². The second kappa shape index (κ2) is 13.1. The first-order chi connectivity index (χ1) is 8.69. The molecule has 0 unspecified atom stereocenters. The molecule has 4 N–H and O–H groups in total. The topological polar surface area (TPSA) is 70.5 Å². The van der Waals surface area contributed by atoms with Crippen LogP contribution >= 0.6 is 24.8 Å². The van der Waals surface area contributed by atoms with Gasteiger partial charge in [0, 0.05) is 26.3 Å². The van der Waals surface area contributed by atoms with E-state index in [0.717, 1.165) is 25.7 Å². The van der Waals surface area contributed by atoms with Gasteiger partial charge in [0.15, 0.2) is 0 Å². The lowest BCUT2D eigenvalue weighted by Gasteiger charge is -2.26. The van der Waals surface area contributed by atoms with Gasteiger partial charge < -0.3 is 20.9 Å². The molecule has 0 saturated heterocycles. The standard InChI is InChI=1S/2C7H15NO.2ClH/c2*1-9-7-5-3-2-4-6(7)8;;/h2*6-7H,2-5,8H2,1H3;2*1H/t2*6-,7+;;/m10../s1. The Hall–Kier alpha value is 0.420. The van der Waals surface area contributed by atoms with Crippen LogP contribution in [0.1, 0.15) is 51.4 Å². The normalized spacial score (nSPS) is 33.0. The first-order valence-electron chi connectivity index (χ1n) is 7.25. The van der Waals surface area contributed by atoms with Gasteiger partial charge in [0.05, 0.1) is 12.2 Å². The predicted octanol–water partition coefficient (Wildman–Crippen LogP) is 2.65. The number of ether oxygens (including phenoxy) is 2. The van der Waals surface area contributed by atoms with Crippen molar-refractivity contribution in [2.45, 2.75) is 75.7 Å². The monoisotopic (exact) mass is 330 g/mol. The summed E-state index contributed by atoms with van der Waals surface area (Å²) >= 11 is 0. The van der Waals surface area contributed by atoms with E-state index in [0.29, 0.717) is 24.3 Å². The fourth-order valence-electron chi connectivity index (χ4n) is 2.84. The van der Waals surface area contributed by atoms with E-state index in [9.17, 15) is 0 Å². The van der Waals surface area contributed by atoms with E-state index < -0.39 is 0 Å². The van der Waals surface area contributed by atoms with Crippen molar-refractivity contribution in [2.24, 2.45) is 11.5 Å². The number of nitrogens with two attached hydrogens (primary N) is 2. The zero-order valence-electron chi connectivity index (χ0n) is 12.8. The second-order valence-corrected chi connectivity index (χ2v) is 5.44. The smallest absolute Gasteiger partial charge is 0.0722 e. The van der Waals surface area contributed by atoms with E-state index in [1.807, 2.05) is 0 Å². The Balaban J connectivity index is 0. The Bertz CT molecular complexity index is 201. The largest absolute Gasteiger partial charge is 0.380 e. The van der Waals surface area contributed by atoms with E-state index >= 15 is 0 Å². The summed E-state index contributed by atoms with van der Waals surface area (Å²) in [5.74, 6) is 0. The molecule has 0 heterocycles. The van der Waals surface area contributed by atoms with E-state index in [1.165, 1.54) is 25.7 Å². The molecule has 6 heteroatoms. The van der Waals surface area contributed by atoms with Crippen LogP contribution in [-0.2, 0) is 9.47 Å². The Morgan fingerprint density at radius 3 is 1.15 bits per heavy atom. The van der Waals surface area contributed by atoms with Gasteiger partial charge in [-0.15, -0.1) is 24.8 Å². The molecular formula is C14H32Cl2N2O2. The summed E-state index contributed by atoms with van der Waals surface area (Å²) in [5, 5.41) is 0. The highest BCUT2D eigenvalue weighted by Gasteiger charge is 2.21. The average molecular weight is 331 g/mol. The van der Waals surface area contributed by atoms with Crippen LogP contribution in [0.15, 0.2) is 0 Å². The first-order valence-corrected chi connectivity index (χ1v) is 7.25. The third kappa shape index (κ3) is 8.01. The zero-order chi connectivity index (χ0) is 13.4. The lowest BCUT2D eigenvalue weighted by atomic mass is 9.93. The highest BCUT2D eigenvalue weighted by atomic mass is 35.5. The first kappa shape index (κ1) is 22.7. The minimum atomic E-state index is 0. The maximum atomic E-state index is 5.76. The zero-order valence-corrected chi connectivity index (χ0v) is 14.4. The summed E-state index contributed by atoms with van der Waals surface area (Å²) in [4.78, 5) is 0. The van der Waals surface area contributed by atoms with E-state index in [-0.39, 0.29) is 24.8 Å². The number of rotatable bonds is 2. The van der Waals surface area contributed by atoms with Crippen molar-refractivity contribution in [1.82, 2.24) is 0 Å². The van der Waals surface area contributed by atoms with Crippen LogP contribution in [0.25, 0.3) is 0 Å². The lowest BCUT2D eigenvalue weighted by molar-refractivity contribution is 0.0545. The summed E-state index contributed by atoms with van der Waals surface area (Å²) < 4.78 is 10.4. The minimum Gasteiger partial charge on any atom is -0.380 e. The van der Waals surface area contributed by atoms with Crippen LogP contribution in [0.4, 0.5) is 0 Å². The molecule has 0 amide bonds. The summed E-state index contributed by atoms with van der Waals surface area (Å²) in [6, 6.07) is 0.590. The van der Waals surface area contributed by atoms with E-state index in [4.69, 9.17) is 20.9 Å². The molecule has 0 bridgehead atoms. The van der Waals surface area contributed by atoms with Gasteiger partial charge in [0.25, 0.3) is 0 Å². The molecular weight excluding hydrogens is 299 g/mol. The predicted molar refractivity (Wildman–Crippen MR) is 89.0 cm³/mol. The van der Waals surface area contributed by atoms with Crippen LogP contribution in [0.2, 0.25) is 0 Å². The van der Waals surface area contributed by atoms with Crippen molar-refractivity contribution in [3.63, 3.8) is 0 Å². The van der Waals surface area contributed by atoms with Gasteiger partial charge in [-0.2, -0.15) is 0 Å². The van der Waals surface area contributed by atoms with Gasteiger partial charge in [-0.3, -0.25) is 0 Å². The summed E-state index contributed by atoms with van der Waals surface area (Å²) in [7, 11) is 3.49. The Morgan fingerprint density at radius 2 is 0.950 bits per heavy atom. The molecule has 0 aromatic heterocycles. The Kier molecular flexibility index (Phi) is 14.9. The van der Waals surface area contributed by atoms with Crippen molar-refractivity contribution < 1.29 is 9.47 Å². The van der Waals surface area contributed by atoms with Crippen LogP contribution in [-0.4, -0.2) is 38.5 Å². The van der Waals surface area contributed by atoms with Crippen LogP contribution in [0.5, 0.6) is 0 Å². The SMILES string of the molecule is CO[C@@H]1CCCC[C@@H]1N.CO[C@H]1CCCC[C@H]1N.Cl.Cl. The molecule has 0 radical (unpaired) electrons. The molecule has 4 nitrogen and oxygen atoms in total. The van der Waals surface area contributed by atoms with Gasteiger partial charge in [-0.25, -0.2) is 0 Å². The lowest BCUT2D eigenvalue weighted by Crippen LogP contribution is -2.38. The molecule has 4 atom stereocenters. The maximum absolute atomic E-state index is 5.76. The number of hydrogen-bond donors (Lipinski definition) is 2. The highest BCUT2D eigenvalue weighted by Crippen LogP contribution is 2.19. The quantitative estimate of drug-likeness (QED) is 0.816. The van der Waals surface area contributed by atoms with Gasteiger partial charge in [0.2, 0.25) is 0 Å². The molecule has 2 rings (SSSR count). The van der Waals surface area contributed by atoms with E-state index in [2.05, 4.69) is 0 Å². The molecule has 2 aliphatic rings. The molecule has 124 valence electrons. The molecule has 2 saturated carbocycles. The average Bonchev–Trinajstić information content (AvgIpc) is 2.41. The highest BCUT2D eigenvalue weighted by molar-refractivity contribution is 5.85. The fourth-order valence-corrected chi connectivity index (χ4v) is 2.84. The number of hydrogen-bond acceptors (Lipinski definition) is 4. The molecule has 0 aliphatic heterocycles. The molecule has 0 spiro atoms. The minimum absolute atomic E-state index is 0. The number of methoxy groups -OCH3 is 2. The molecule has 2 fully saturated rings. The third-order valence-corrected chi connectivity index (χ3v) is 4.11. The van der Waals surface area contributed by atoms with Crippen LogP contribution < -0.4 is 11.5 Å². The fraction of sp³-hybridized carbons (Fsp3) is 1.00. The molecule has 0 aromatic rings. The van der Waals surface area contributed by atoms with Gasteiger partial charge >= 0.3 is 0 Å². The second-order valence-electron chi connectivity index (χ2n) is 5.44. The molecule has 0 aromatic carbocycles. The molecule has 2 aliphatic carbocycles. The van der Waals surface area contributed by atoms with Crippen molar-refractivity contribution >= 4 is 24.8 Å². The summed E-state index contributed by atoms with van der Waals surface area (Å²) in [6.07, 6.45) is 10.4. The summed E-state index contributed by atoms with van der Waals surface area (Å²) in [6.45, 7) is 0. The van der Waals surface area contributed by atoms with E-state index in [1.54, 1.807) is 14.2 Å². The summed E-state index contributed by atoms with van der Waals surface area (Å²) in [5.41, 5.74) is 11.5. The third-order valence-electron chi connectivity index (χ3n) is 4.11.